The molecule has 0 unspecified atom stereocenters. The van der Waals surface area contributed by atoms with Crippen molar-refractivity contribution in [3.63, 3.8) is 0 Å². The Kier molecular flexibility index (Phi) is 3.68. The third-order valence-electron chi connectivity index (χ3n) is 1.84. The van der Waals surface area contributed by atoms with Gasteiger partial charge in [0.15, 0.2) is 0 Å². The maximum absolute atomic E-state index is 11.3. The van der Waals surface area contributed by atoms with Gasteiger partial charge < -0.3 is 4.98 Å². The van der Waals surface area contributed by atoms with Gasteiger partial charge in [0.2, 0.25) is 0 Å². The maximum atomic E-state index is 11.3. The Balaban J connectivity index is 2.36. The number of hydrogen-bond donors (Lipinski definition) is 2. The van der Waals surface area contributed by atoms with Crippen LogP contribution in [0.5, 0.6) is 0 Å². The molecule has 2 N–H and O–H groups in total. The molecular weight excluding hydrogens is 202 g/mol. The quantitative estimate of drug-likeness (QED) is 0.726. The normalized spacial score (nSPS) is 12.2. The summed E-state index contributed by atoms with van der Waals surface area (Å²) >= 11 is 0. The standard InChI is InChI=1S/C8H15N3O2S/c1-11(2)14(12,13)10-6-4-8-3-5-9-7-8/h3,5,7,9-10H,4,6H2,1-2H3. The average molecular weight is 217 g/mol. The lowest BCUT2D eigenvalue weighted by molar-refractivity contribution is 0.506. The van der Waals surface area contributed by atoms with Gasteiger partial charge >= 0.3 is 0 Å². The molecule has 0 fully saturated rings. The summed E-state index contributed by atoms with van der Waals surface area (Å²) in [4.78, 5) is 2.91. The fourth-order valence-corrected chi connectivity index (χ4v) is 1.59. The van der Waals surface area contributed by atoms with E-state index in [4.69, 9.17) is 0 Å². The van der Waals surface area contributed by atoms with Crippen LogP contribution in [0.3, 0.4) is 0 Å². The van der Waals surface area contributed by atoms with E-state index >= 15 is 0 Å². The van der Waals surface area contributed by atoms with Gasteiger partial charge in [-0.15, -0.1) is 0 Å². The molecule has 1 rings (SSSR count). The van der Waals surface area contributed by atoms with Gasteiger partial charge in [0.25, 0.3) is 10.2 Å². The predicted molar refractivity (Wildman–Crippen MR) is 55.1 cm³/mol. The largest absolute Gasteiger partial charge is 0.367 e. The Morgan fingerprint density at radius 2 is 2.21 bits per heavy atom. The van der Waals surface area contributed by atoms with Crippen molar-refractivity contribution in [3.05, 3.63) is 24.0 Å². The topological polar surface area (TPSA) is 65.2 Å². The molecule has 0 aliphatic carbocycles. The lowest BCUT2D eigenvalue weighted by Gasteiger charge is -2.11. The molecule has 0 amide bonds. The number of nitrogens with one attached hydrogen (secondary N) is 2. The summed E-state index contributed by atoms with van der Waals surface area (Å²) < 4.78 is 26.2. The third-order valence-corrected chi connectivity index (χ3v) is 3.37. The van der Waals surface area contributed by atoms with E-state index in [2.05, 4.69) is 9.71 Å². The van der Waals surface area contributed by atoms with Crippen LogP contribution in [-0.2, 0) is 16.6 Å². The van der Waals surface area contributed by atoms with Crippen LogP contribution in [-0.4, -0.2) is 38.3 Å². The molecule has 1 aromatic heterocycles. The zero-order chi connectivity index (χ0) is 10.6. The molecule has 80 valence electrons. The molecule has 0 aliphatic heterocycles. The van der Waals surface area contributed by atoms with Crippen LogP contribution >= 0.6 is 0 Å². The summed E-state index contributed by atoms with van der Waals surface area (Å²) in [5.74, 6) is 0. The van der Waals surface area contributed by atoms with E-state index in [0.29, 0.717) is 13.0 Å². The number of nitrogens with zero attached hydrogens (tertiary/aromatic N) is 1. The first-order chi connectivity index (χ1) is 6.52. The van der Waals surface area contributed by atoms with Crippen LogP contribution in [0.2, 0.25) is 0 Å². The van der Waals surface area contributed by atoms with Crippen molar-refractivity contribution in [1.29, 1.82) is 0 Å². The molecule has 1 aromatic rings. The number of hydrogen-bond acceptors (Lipinski definition) is 2. The SMILES string of the molecule is CN(C)S(=O)(=O)NCCc1cc[nH]c1. The zero-order valence-electron chi connectivity index (χ0n) is 8.32. The van der Waals surface area contributed by atoms with Gasteiger partial charge in [0.1, 0.15) is 0 Å². The van der Waals surface area contributed by atoms with Crippen molar-refractivity contribution < 1.29 is 8.42 Å². The minimum atomic E-state index is -3.28. The number of aromatic amines is 1. The van der Waals surface area contributed by atoms with Crippen molar-refractivity contribution in [2.45, 2.75) is 6.42 Å². The highest BCUT2D eigenvalue weighted by Gasteiger charge is 2.11. The second-order valence-electron chi connectivity index (χ2n) is 3.15. The van der Waals surface area contributed by atoms with E-state index in [0.717, 1.165) is 9.87 Å². The molecule has 5 nitrogen and oxygen atoms in total. The highest BCUT2D eigenvalue weighted by molar-refractivity contribution is 7.87. The molecule has 6 heteroatoms. The summed E-state index contributed by atoms with van der Waals surface area (Å²) in [6, 6.07) is 1.92. The van der Waals surface area contributed by atoms with Gasteiger partial charge in [-0.25, -0.2) is 4.72 Å². The third kappa shape index (κ3) is 3.13. The number of rotatable bonds is 5. The van der Waals surface area contributed by atoms with Crippen molar-refractivity contribution in [2.24, 2.45) is 0 Å². The Morgan fingerprint density at radius 1 is 1.50 bits per heavy atom. The van der Waals surface area contributed by atoms with E-state index < -0.39 is 10.2 Å². The number of aromatic nitrogens is 1. The van der Waals surface area contributed by atoms with Crippen molar-refractivity contribution >= 4 is 10.2 Å². The van der Waals surface area contributed by atoms with Crippen molar-refractivity contribution in [2.75, 3.05) is 20.6 Å². The van der Waals surface area contributed by atoms with Gasteiger partial charge in [0.05, 0.1) is 0 Å². The second kappa shape index (κ2) is 4.59. The summed E-state index contributed by atoms with van der Waals surface area (Å²) in [5.41, 5.74) is 1.09. The first kappa shape index (κ1) is 11.2. The van der Waals surface area contributed by atoms with E-state index in [-0.39, 0.29) is 0 Å². The first-order valence-electron chi connectivity index (χ1n) is 4.31. The van der Waals surface area contributed by atoms with Crippen LogP contribution in [0.1, 0.15) is 5.56 Å². The van der Waals surface area contributed by atoms with Gasteiger partial charge in [-0.05, 0) is 18.1 Å². The molecule has 14 heavy (non-hydrogen) atoms. The molecule has 1 heterocycles. The van der Waals surface area contributed by atoms with Crippen LogP contribution in [0, 0.1) is 0 Å². The monoisotopic (exact) mass is 217 g/mol. The molecule has 0 atom stereocenters. The molecule has 0 saturated carbocycles. The van der Waals surface area contributed by atoms with E-state index in [9.17, 15) is 8.42 Å². The van der Waals surface area contributed by atoms with Crippen LogP contribution < -0.4 is 4.72 Å². The molecule has 0 aromatic carbocycles. The van der Waals surface area contributed by atoms with Crippen molar-refractivity contribution in [1.82, 2.24) is 14.0 Å². The van der Waals surface area contributed by atoms with Crippen LogP contribution in [0.15, 0.2) is 18.5 Å². The second-order valence-corrected chi connectivity index (χ2v) is 5.12. The summed E-state index contributed by atoms with van der Waals surface area (Å²) in [6.45, 7) is 0.415. The van der Waals surface area contributed by atoms with E-state index in [1.165, 1.54) is 14.1 Å². The highest BCUT2D eigenvalue weighted by Crippen LogP contribution is 1.97. The zero-order valence-corrected chi connectivity index (χ0v) is 9.13. The van der Waals surface area contributed by atoms with Gasteiger partial charge in [-0.1, -0.05) is 0 Å². The lowest BCUT2D eigenvalue weighted by Crippen LogP contribution is -2.36. The number of H-pyrrole nitrogens is 1. The molecule has 0 aliphatic rings. The fraction of sp³-hybridized carbons (Fsp3) is 0.500. The van der Waals surface area contributed by atoms with E-state index in [1.807, 2.05) is 18.5 Å². The van der Waals surface area contributed by atoms with Crippen LogP contribution in [0.25, 0.3) is 0 Å². The summed E-state index contributed by atoms with van der Waals surface area (Å²) in [7, 11) is -0.281. The lowest BCUT2D eigenvalue weighted by atomic mass is 10.2. The van der Waals surface area contributed by atoms with Gasteiger partial charge in [0, 0.05) is 33.0 Å². The predicted octanol–water partition coefficient (Wildman–Crippen LogP) is -0.0468. The minimum Gasteiger partial charge on any atom is -0.367 e. The Hall–Kier alpha value is -0.850. The molecular formula is C8H15N3O2S. The summed E-state index contributed by atoms with van der Waals surface area (Å²) in [5, 5.41) is 0. The first-order valence-corrected chi connectivity index (χ1v) is 5.75. The maximum Gasteiger partial charge on any atom is 0.278 e. The van der Waals surface area contributed by atoms with Gasteiger partial charge in [-0.3, -0.25) is 0 Å². The minimum absolute atomic E-state index is 0.415. The average Bonchev–Trinajstić information content (AvgIpc) is 2.56. The Labute approximate surface area is 84.3 Å². The molecule has 0 bridgehead atoms. The molecule has 0 spiro atoms. The summed E-state index contributed by atoms with van der Waals surface area (Å²) in [6.07, 6.45) is 4.36. The Morgan fingerprint density at radius 3 is 2.71 bits per heavy atom. The smallest absolute Gasteiger partial charge is 0.278 e. The van der Waals surface area contributed by atoms with E-state index in [1.54, 1.807) is 0 Å². The van der Waals surface area contributed by atoms with Crippen LogP contribution in [0.4, 0.5) is 0 Å². The Bertz CT molecular complexity index is 356. The van der Waals surface area contributed by atoms with Crippen molar-refractivity contribution in [3.8, 4) is 0 Å². The van der Waals surface area contributed by atoms with Gasteiger partial charge in [-0.2, -0.15) is 12.7 Å². The fourth-order valence-electron chi connectivity index (χ4n) is 0.967. The highest BCUT2D eigenvalue weighted by atomic mass is 32.2. The molecule has 0 radical (unpaired) electrons. The molecule has 0 saturated heterocycles.